The van der Waals surface area contributed by atoms with Gasteiger partial charge in [0.25, 0.3) is 0 Å². The van der Waals surface area contributed by atoms with Crippen LogP contribution in [0.15, 0.2) is 10.6 Å². The monoisotopic (exact) mass is 178 g/mol. The first-order valence-electron chi connectivity index (χ1n) is 3.91. The van der Waals surface area contributed by atoms with Gasteiger partial charge in [-0.15, -0.1) is 0 Å². The molecule has 0 saturated heterocycles. The molecule has 2 aromatic heterocycles. The number of nitrogens with two attached hydrogens (primary N) is 1. The second-order valence-electron chi connectivity index (χ2n) is 2.84. The minimum Gasteiger partial charge on any atom is -0.440 e. The summed E-state index contributed by atoms with van der Waals surface area (Å²) >= 11 is 0. The second-order valence-corrected chi connectivity index (χ2v) is 2.84. The first-order chi connectivity index (χ1) is 6.16. The molecule has 2 rings (SSSR count). The number of aryl methyl sites for hydroxylation is 2. The maximum Gasteiger partial charge on any atom is 0.245 e. The Bertz CT molecular complexity index is 410. The summed E-state index contributed by atoms with van der Waals surface area (Å²) in [7, 11) is 0. The zero-order chi connectivity index (χ0) is 9.42. The Kier molecular flexibility index (Phi) is 1.58. The topological polar surface area (TPSA) is 80.7 Å². The number of anilines is 1. The number of hydrogen-bond acceptors (Lipinski definition) is 4. The molecule has 0 radical (unpaired) electrons. The summed E-state index contributed by atoms with van der Waals surface area (Å²) in [5.41, 5.74) is 7.01. The molecular weight excluding hydrogens is 168 g/mol. The molecule has 0 atom stereocenters. The van der Waals surface area contributed by atoms with Gasteiger partial charge >= 0.3 is 0 Å². The van der Waals surface area contributed by atoms with Crippen molar-refractivity contribution in [3.8, 4) is 11.6 Å². The van der Waals surface area contributed by atoms with Crippen LogP contribution in [0, 0.1) is 13.8 Å². The molecule has 0 spiro atoms. The predicted octanol–water partition coefficient (Wildman–Crippen LogP) is 1.26. The zero-order valence-corrected chi connectivity index (χ0v) is 7.46. The van der Waals surface area contributed by atoms with Crippen molar-refractivity contribution < 1.29 is 4.42 Å². The van der Waals surface area contributed by atoms with Gasteiger partial charge < -0.3 is 15.1 Å². The first kappa shape index (κ1) is 7.85. The van der Waals surface area contributed by atoms with E-state index in [2.05, 4.69) is 15.0 Å². The van der Waals surface area contributed by atoms with E-state index in [-0.39, 0.29) is 0 Å². The molecule has 13 heavy (non-hydrogen) atoms. The number of nitrogen functional groups attached to an aromatic ring is 1. The van der Waals surface area contributed by atoms with Gasteiger partial charge in [0.05, 0.1) is 11.9 Å². The number of nitrogens with one attached hydrogen (secondary N) is 1. The number of nitrogens with zero attached hydrogens (tertiary/aromatic N) is 2. The molecule has 0 aliphatic heterocycles. The second kappa shape index (κ2) is 2.62. The number of rotatable bonds is 1. The van der Waals surface area contributed by atoms with Crippen molar-refractivity contribution in [2.75, 3.05) is 5.73 Å². The molecule has 68 valence electrons. The Morgan fingerprint density at radius 1 is 1.46 bits per heavy atom. The van der Waals surface area contributed by atoms with Gasteiger partial charge in [-0.3, -0.25) is 0 Å². The van der Waals surface area contributed by atoms with Crippen LogP contribution >= 0.6 is 0 Å². The van der Waals surface area contributed by atoms with Crippen molar-refractivity contribution in [3.63, 3.8) is 0 Å². The fourth-order valence-corrected chi connectivity index (χ4v) is 1.03. The Balaban J connectivity index is 2.46. The molecule has 2 aromatic rings. The molecular formula is C8H10N4O. The number of aromatic nitrogens is 3. The van der Waals surface area contributed by atoms with E-state index >= 15 is 0 Å². The van der Waals surface area contributed by atoms with Crippen LogP contribution < -0.4 is 5.73 Å². The smallest absolute Gasteiger partial charge is 0.245 e. The minimum atomic E-state index is 0.364. The van der Waals surface area contributed by atoms with Crippen molar-refractivity contribution in [2.24, 2.45) is 0 Å². The average Bonchev–Trinajstić information content (AvgIpc) is 2.61. The molecule has 0 saturated carbocycles. The van der Waals surface area contributed by atoms with Crippen LogP contribution in [0.1, 0.15) is 11.5 Å². The molecule has 0 aromatic carbocycles. The molecule has 0 unspecified atom stereocenters. The highest BCUT2D eigenvalue weighted by Gasteiger charge is 2.09. The number of aromatic amines is 1. The van der Waals surface area contributed by atoms with Crippen LogP contribution in [0.2, 0.25) is 0 Å². The number of H-pyrrole nitrogens is 1. The summed E-state index contributed by atoms with van der Waals surface area (Å²) in [5.74, 6) is 1.70. The van der Waals surface area contributed by atoms with Crippen LogP contribution in [0.3, 0.4) is 0 Å². The molecule has 2 heterocycles. The maximum atomic E-state index is 5.42. The maximum absolute atomic E-state index is 5.42. The van der Waals surface area contributed by atoms with Crippen LogP contribution in [0.25, 0.3) is 11.6 Å². The van der Waals surface area contributed by atoms with Gasteiger partial charge in [-0.2, -0.15) is 0 Å². The average molecular weight is 178 g/mol. The van der Waals surface area contributed by atoms with Crippen LogP contribution in [-0.4, -0.2) is 15.0 Å². The van der Waals surface area contributed by atoms with E-state index in [9.17, 15) is 0 Å². The van der Waals surface area contributed by atoms with Crippen LogP contribution in [0.5, 0.6) is 0 Å². The lowest BCUT2D eigenvalue weighted by Crippen LogP contribution is -1.85. The lowest BCUT2D eigenvalue weighted by molar-refractivity contribution is 0.539. The van der Waals surface area contributed by atoms with Crippen molar-refractivity contribution in [1.82, 2.24) is 15.0 Å². The van der Waals surface area contributed by atoms with Crippen molar-refractivity contribution in [3.05, 3.63) is 17.7 Å². The standard InChI is InChI=1S/C8H10N4O/c1-4-5(2)13-7(11-4)6-3-10-8(9)12-6/h3H,1-2H3,(H3,9,10,12). The molecule has 0 aliphatic carbocycles. The number of oxazole rings is 1. The van der Waals surface area contributed by atoms with E-state index in [4.69, 9.17) is 10.2 Å². The predicted molar refractivity (Wildman–Crippen MR) is 48.0 cm³/mol. The van der Waals surface area contributed by atoms with E-state index < -0.39 is 0 Å². The Hall–Kier alpha value is -1.78. The lowest BCUT2D eigenvalue weighted by Gasteiger charge is -1.86. The Morgan fingerprint density at radius 3 is 2.69 bits per heavy atom. The van der Waals surface area contributed by atoms with Gasteiger partial charge in [0, 0.05) is 0 Å². The summed E-state index contributed by atoms with van der Waals surface area (Å²) in [6.07, 6.45) is 1.60. The fourth-order valence-electron chi connectivity index (χ4n) is 1.03. The van der Waals surface area contributed by atoms with Crippen molar-refractivity contribution in [2.45, 2.75) is 13.8 Å². The normalized spacial score (nSPS) is 10.6. The summed E-state index contributed by atoms with van der Waals surface area (Å²) in [4.78, 5) is 10.9. The summed E-state index contributed by atoms with van der Waals surface area (Å²) in [6, 6.07) is 0. The van der Waals surface area contributed by atoms with Crippen molar-refractivity contribution >= 4 is 5.95 Å². The Morgan fingerprint density at radius 2 is 2.23 bits per heavy atom. The van der Waals surface area contributed by atoms with E-state index in [1.165, 1.54) is 0 Å². The zero-order valence-electron chi connectivity index (χ0n) is 7.46. The molecule has 0 amide bonds. The Labute approximate surface area is 75.0 Å². The lowest BCUT2D eigenvalue weighted by atomic mass is 10.4. The molecule has 0 aliphatic rings. The quantitative estimate of drug-likeness (QED) is 0.688. The van der Waals surface area contributed by atoms with Gasteiger partial charge in [0.15, 0.2) is 5.95 Å². The van der Waals surface area contributed by atoms with Gasteiger partial charge in [0.2, 0.25) is 5.89 Å². The molecule has 0 fully saturated rings. The SMILES string of the molecule is Cc1nc(-c2cnc(N)[nH]2)oc1C. The van der Waals surface area contributed by atoms with Gasteiger partial charge in [0.1, 0.15) is 11.5 Å². The molecule has 5 nitrogen and oxygen atoms in total. The highest BCUT2D eigenvalue weighted by Crippen LogP contribution is 2.19. The summed E-state index contributed by atoms with van der Waals surface area (Å²) in [6.45, 7) is 3.76. The van der Waals surface area contributed by atoms with E-state index in [1.807, 2.05) is 13.8 Å². The van der Waals surface area contributed by atoms with Crippen LogP contribution in [0.4, 0.5) is 5.95 Å². The first-order valence-corrected chi connectivity index (χ1v) is 3.91. The fraction of sp³-hybridized carbons (Fsp3) is 0.250. The van der Waals surface area contributed by atoms with Gasteiger partial charge in [-0.1, -0.05) is 0 Å². The number of imidazole rings is 1. The molecule has 5 heteroatoms. The minimum absolute atomic E-state index is 0.364. The summed E-state index contributed by atoms with van der Waals surface area (Å²) < 4.78 is 5.38. The van der Waals surface area contributed by atoms with E-state index in [0.717, 1.165) is 11.5 Å². The largest absolute Gasteiger partial charge is 0.440 e. The van der Waals surface area contributed by atoms with Crippen LogP contribution in [-0.2, 0) is 0 Å². The van der Waals surface area contributed by atoms with Crippen molar-refractivity contribution in [1.29, 1.82) is 0 Å². The van der Waals surface area contributed by atoms with E-state index in [1.54, 1.807) is 6.20 Å². The van der Waals surface area contributed by atoms with E-state index in [0.29, 0.717) is 17.5 Å². The number of hydrogen-bond donors (Lipinski definition) is 2. The third-order valence-corrected chi connectivity index (χ3v) is 1.85. The third-order valence-electron chi connectivity index (χ3n) is 1.85. The summed E-state index contributed by atoms with van der Waals surface area (Å²) in [5, 5.41) is 0. The highest BCUT2D eigenvalue weighted by molar-refractivity contribution is 5.49. The highest BCUT2D eigenvalue weighted by atomic mass is 16.4. The van der Waals surface area contributed by atoms with Gasteiger partial charge in [-0.25, -0.2) is 9.97 Å². The molecule has 0 bridgehead atoms. The molecule has 3 N–H and O–H groups in total. The van der Waals surface area contributed by atoms with Gasteiger partial charge in [-0.05, 0) is 13.8 Å². The third kappa shape index (κ3) is 1.28.